The molecule has 0 spiro atoms. The first-order chi connectivity index (χ1) is 14.1. The highest BCUT2D eigenvalue weighted by molar-refractivity contribution is 6.03. The van der Waals surface area contributed by atoms with Gasteiger partial charge in [0.05, 0.1) is 5.52 Å². The molecule has 1 aromatic carbocycles. The molecule has 8 nitrogen and oxygen atoms in total. The van der Waals surface area contributed by atoms with Crippen molar-refractivity contribution in [3.63, 3.8) is 0 Å². The average molecular weight is 391 g/mol. The molecule has 150 valence electrons. The number of urea groups is 1. The second-order valence-corrected chi connectivity index (χ2v) is 7.84. The third kappa shape index (κ3) is 3.29. The van der Waals surface area contributed by atoms with Crippen molar-refractivity contribution in [2.24, 2.45) is 7.05 Å². The Kier molecular flexibility index (Phi) is 4.35. The van der Waals surface area contributed by atoms with Gasteiger partial charge >= 0.3 is 6.03 Å². The van der Waals surface area contributed by atoms with Crippen LogP contribution in [0.1, 0.15) is 12.5 Å². The van der Waals surface area contributed by atoms with Gasteiger partial charge in [0.15, 0.2) is 0 Å². The van der Waals surface area contributed by atoms with Gasteiger partial charge in [-0.1, -0.05) is 0 Å². The topological polar surface area (TPSA) is 78.3 Å². The lowest BCUT2D eigenvalue weighted by molar-refractivity contribution is 0.257. The van der Waals surface area contributed by atoms with Gasteiger partial charge in [0.2, 0.25) is 0 Å². The molecule has 29 heavy (non-hydrogen) atoms. The van der Waals surface area contributed by atoms with Gasteiger partial charge in [-0.25, -0.2) is 9.78 Å². The molecule has 4 heterocycles. The van der Waals surface area contributed by atoms with E-state index in [1.165, 1.54) is 11.3 Å². The van der Waals surface area contributed by atoms with E-state index in [0.717, 1.165) is 48.5 Å². The summed E-state index contributed by atoms with van der Waals surface area (Å²) >= 11 is 0. The van der Waals surface area contributed by atoms with E-state index >= 15 is 0 Å². The molecule has 3 aromatic rings. The lowest BCUT2D eigenvalue weighted by Crippen LogP contribution is -2.49. The minimum atomic E-state index is -0.148. The van der Waals surface area contributed by atoms with E-state index in [1.807, 2.05) is 37.6 Å². The molecule has 2 aliphatic rings. The first kappa shape index (κ1) is 17.9. The zero-order chi connectivity index (χ0) is 20.0. The molecule has 0 saturated carbocycles. The van der Waals surface area contributed by atoms with Crippen LogP contribution in [0, 0.1) is 0 Å². The van der Waals surface area contributed by atoms with E-state index in [1.54, 1.807) is 9.58 Å². The molecule has 5 rings (SSSR count). The second kappa shape index (κ2) is 7.04. The third-order valence-electron chi connectivity index (χ3n) is 5.67. The zero-order valence-electron chi connectivity index (χ0n) is 16.7. The molecule has 1 atom stereocenters. The first-order valence-corrected chi connectivity index (χ1v) is 10.1. The minimum absolute atomic E-state index is 0.148. The van der Waals surface area contributed by atoms with Crippen molar-refractivity contribution in [1.82, 2.24) is 20.1 Å². The summed E-state index contributed by atoms with van der Waals surface area (Å²) in [5.41, 5.74) is 4.04. The van der Waals surface area contributed by atoms with Crippen LogP contribution in [0.5, 0.6) is 0 Å². The number of nitrogens with one attached hydrogen (secondary N) is 2. The number of amides is 2. The third-order valence-corrected chi connectivity index (χ3v) is 5.67. The van der Waals surface area contributed by atoms with E-state index in [4.69, 9.17) is 0 Å². The van der Waals surface area contributed by atoms with Gasteiger partial charge < -0.3 is 15.5 Å². The molecule has 0 bridgehead atoms. The summed E-state index contributed by atoms with van der Waals surface area (Å²) in [5, 5.41) is 11.9. The Morgan fingerprint density at radius 3 is 3.03 bits per heavy atom. The Hall–Kier alpha value is -3.13. The molecule has 2 aromatic heterocycles. The average Bonchev–Trinajstić information content (AvgIpc) is 3.30. The van der Waals surface area contributed by atoms with Crippen molar-refractivity contribution in [3.05, 3.63) is 42.2 Å². The van der Waals surface area contributed by atoms with Crippen LogP contribution in [0.2, 0.25) is 0 Å². The summed E-state index contributed by atoms with van der Waals surface area (Å²) in [6, 6.07) is 8.14. The van der Waals surface area contributed by atoms with Crippen LogP contribution in [0.4, 0.5) is 22.0 Å². The second-order valence-electron chi connectivity index (χ2n) is 7.84. The summed E-state index contributed by atoms with van der Waals surface area (Å²) in [5.74, 6) is 0.772. The van der Waals surface area contributed by atoms with Gasteiger partial charge in [0.25, 0.3) is 0 Å². The van der Waals surface area contributed by atoms with Crippen LogP contribution in [0.3, 0.4) is 0 Å². The smallest absolute Gasteiger partial charge is 0.327 e. The van der Waals surface area contributed by atoms with E-state index in [0.29, 0.717) is 12.6 Å². The first-order valence-electron chi connectivity index (χ1n) is 10.1. The minimum Gasteiger partial charge on any atom is -0.368 e. The van der Waals surface area contributed by atoms with Crippen molar-refractivity contribution >= 4 is 34.1 Å². The monoisotopic (exact) mass is 391 g/mol. The Bertz CT molecular complexity index is 1080. The highest BCUT2D eigenvalue weighted by atomic mass is 16.2. The molecule has 0 aliphatic carbocycles. The highest BCUT2D eigenvalue weighted by Gasteiger charge is 2.30. The number of carbonyl (C=O) groups is 1. The van der Waals surface area contributed by atoms with E-state index in [2.05, 4.69) is 38.6 Å². The number of aromatic nitrogens is 3. The Morgan fingerprint density at radius 1 is 1.28 bits per heavy atom. The van der Waals surface area contributed by atoms with Crippen molar-refractivity contribution in [2.45, 2.75) is 19.4 Å². The van der Waals surface area contributed by atoms with Gasteiger partial charge in [-0.2, -0.15) is 5.10 Å². The number of hydrogen-bond acceptors (Lipinski definition) is 5. The van der Waals surface area contributed by atoms with E-state index in [9.17, 15) is 4.79 Å². The fraction of sp³-hybridized carbons (Fsp3) is 0.381. The van der Waals surface area contributed by atoms with Crippen LogP contribution in [-0.2, 0) is 13.5 Å². The number of hydrogen-bond donors (Lipinski definition) is 2. The largest absolute Gasteiger partial charge is 0.368 e. The molecule has 0 radical (unpaired) electrons. The predicted octanol–water partition coefficient (Wildman–Crippen LogP) is 2.36. The maximum atomic E-state index is 13.0. The van der Waals surface area contributed by atoms with Gasteiger partial charge in [-0.3, -0.25) is 9.58 Å². The summed E-state index contributed by atoms with van der Waals surface area (Å²) in [6.45, 7) is 5.75. The Balaban J connectivity index is 1.38. The fourth-order valence-corrected chi connectivity index (χ4v) is 4.34. The van der Waals surface area contributed by atoms with E-state index < -0.39 is 0 Å². The lowest BCUT2D eigenvalue weighted by atomic mass is 10.1. The highest BCUT2D eigenvalue weighted by Crippen LogP contribution is 2.34. The summed E-state index contributed by atoms with van der Waals surface area (Å²) in [6.07, 6.45) is 4.58. The van der Waals surface area contributed by atoms with Crippen LogP contribution < -0.4 is 20.4 Å². The number of aryl methyl sites for hydroxylation is 1. The number of carbonyl (C=O) groups excluding carboxylic acids is 1. The van der Waals surface area contributed by atoms with Gasteiger partial charge in [-0.15, -0.1) is 0 Å². The van der Waals surface area contributed by atoms with Gasteiger partial charge in [0.1, 0.15) is 5.82 Å². The summed E-state index contributed by atoms with van der Waals surface area (Å²) in [4.78, 5) is 21.7. The van der Waals surface area contributed by atoms with E-state index in [-0.39, 0.29) is 6.03 Å². The Labute approximate surface area is 169 Å². The molecule has 2 aliphatic heterocycles. The maximum absolute atomic E-state index is 13.0. The maximum Gasteiger partial charge on any atom is 0.327 e. The van der Waals surface area contributed by atoms with Crippen molar-refractivity contribution < 1.29 is 4.79 Å². The zero-order valence-corrected chi connectivity index (χ0v) is 16.7. The molecule has 1 saturated heterocycles. The Morgan fingerprint density at radius 2 is 2.17 bits per heavy atom. The number of pyridine rings is 1. The predicted molar refractivity (Wildman–Crippen MR) is 115 cm³/mol. The van der Waals surface area contributed by atoms with Crippen molar-refractivity contribution in [1.29, 1.82) is 0 Å². The number of benzene rings is 1. The van der Waals surface area contributed by atoms with Crippen LogP contribution >= 0.6 is 0 Å². The molecule has 8 heteroatoms. The van der Waals surface area contributed by atoms with Crippen LogP contribution in [0.15, 0.2) is 36.7 Å². The number of anilines is 3. The quantitative estimate of drug-likeness (QED) is 0.701. The molecule has 2 N–H and O–H groups in total. The number of fused-ring (bicyclic) bond motifs is 2. The number of nitrogens with zero attached hydrogens (tertiary/aromatic N) is 5. The van der Waals surface area contributed by atoms with Crippen molar-refractivity contribution in [3.8, 4) is 0 Å². The van der Waals surface area contributed by atoms with Gasteiger partial charge in [0, 0.05) is 74.0 Å². The van der Waals surface area contributed by atoms with Crippen LogP contribution in [-0.4, -0.2) is 53.0 Å². The molecular formula is C21H25N7O. The molecular weight excluding hydrogens is 366 g/mol. The summed E-state index contributed by atoms with van der Waals surface area (Å²) in [7, 11) is 1.89. The standard InChI is InChI=1S/C21H25N7O/c1-14-12-27(10-8-22-14)19-5-7-23-20-17(19)6-9-28(20)21(29)24-16-3-4-18-15(11-16)13-26(2)25-18/h3-5,7,11,13-14,22H,6,8-10,12H2,1-2H3,(H,24,29)/t14-/m0/s1. The molecule has 1 fully saturated rings. The normalized spacial score (nSPS) is 18.9. The lowest BCUT2D eigenvalue weighted by Gasteiger charge is -2.34. The number of piperazine rings is 1. The van der Waals surface area contributed by atoms with Crippen molar-refractivity contribution in [2.75, 3.05) is 41.3 Å². The van der Waals surface area contributed by atoms with Crippen LogP contribution in [0.25, 0.3) is 10.9 Å². The molecule has 0 unspecified atom stereocenters. The SMILES string of the molecule is C[C@H]1CN(c2ccnc3c2CCN3C(=O)Nc2ccc3nn(C)cc3c2)CCN1. The molecule has 2 amide bonds. The number of rotatable bonds is 2. The summed E-state index contributed by atoms with van der Waals surface area (Å²) < 4.78 is 1.77. The fourth-order valence-electron chi connectivity index (χ4n) is 4.34. The van der Waals surface area contributed by atoms with Gasteiger partial charge in [-0.05, 0) is 37.6 Å².